The number of allylic oxidation sites excluding steroid dienone is 2. The van der Waals surface area contributed by atoms with Gasteiger partial charge in [-0.25, -0.2) is 0 Å². The van der Waals surface area contributed by atoms with Gasteiger partial charge in [-0.2, -0.15) is 0 Å². The Balaban J connectivity index is 1.70. The van der Waals surface area contributed by atoms with Crippen molar-refractivity contribution in [2.75, 3.05) is 0 Å². The zero-order chi connectivity index (χ0) is 16.4. The molecule has 2 heteroatoms. The maximum Gasteiger partial charge on any atom is 0.0758 e. The van der Waals surface area contributed by atoms with E-state index >= 15 is 0 Å². The smallest absolute Gasteiger partial charge is 0.0758 e. The highest BCUT2D eigenvalue weighted by atomic mass is 16.3. The maximum atomic E-state index is 10.6. The summed E-state index contributed by atoms with van der Waals surface area (Å²) in [6, 6.07) is 0. The lowest BCUT2D eigenvalue weighted by atomic mass is 9.48. The van der Waals surface area contributed by atoms with E-state index in [4.69, 9.17) is 0 Å². The van der Waals surface area contributed by atoms with Crippen LogP contribution in [0, 0.1) is 28.6 Å². The molecule has 0 aliphatic heterocycles. The third-order valence-electron chi connectivity index (χ3n) is 8.27. The number of rotatable bonds is 0. The average Bonchev–Trinajstić information content (AvgIpc) is 2.77. The fraction of sp³-hybridized carbons (Fsp3) is 0.810. The van der Waals surface area contributed by atoms with Crippen molar-refractivity contribution in [1.82, 2.24) is 0 Å². The highest BCUT2D eigenvalue weighted by Gasteiger charge is 2.58. The lowest BCUT2D eigenvalue weighted by Crippen LogP contribution is -2.49. The zero-order valence-corrected chi connectivity index (χ0v) is 14.9. The first kappa shape index (κ1) is 15.9. The summed E-state index contributed by atoms with van der Waals surface area (Å²) in [7, 11) is 0. The summed E-state index contributed by atoms with van der Waals surface area (Å²) < 4.78 is 0. The molecule has 0 amide bonds. The molecular weight excluding hydrogens is 284 g/mol. The summed E-state index contributed by atoms with van der Waals surface area (Å²) in [6.07, 6.45) is 11.9. The molecule has 23 heavy (non-hydrogen) atoms. The van der Waals surface area contributed by atoms with Crippen LogP contribution in [-0.2, 0) is 0 Å². The molecule has 0 radical (unpaired) electrons. The minimum atomic E-state index is -0.222. The summed E-state index contributed by atoms with van der Waals surface area (Å²) in [4.78, 5) is 0. The summed E-state index contributed by atoms with van der Waals surface area (Å²) in [5.74, 6) is 2.09. The molecule has 4 aliphatic rings. The highest BCUT2D eigenvalue weighted by Crippen LogP contribution is 2.66. The third-order valence-corrected chi connectivity index (χ3v) is 8.27. The van der Waals surface area contributed by atoms with Gasteiger partial charge in [-0.05, 0) is 86.0 Å². The Morgan fingerprint density at radius 3 is 2.57 bits per heavy atom. The molecule has 0 heterocycles. The second-order valence-corrected chi connectivity index (χ2v) is 9.11. The molecule has 3 fully saturated rings. The number of fused-ring (bicyclic) bond motifs is 5. The van der Waals surface area contributed by atoms with Gasteiger partial charge < -0.3 is 10.2 Å². The Morgan fingerprint density at radius 1 is 1.09 bits per heavy atom. The molecule has 2 nitrogen and oxygen atoms in total. The molecule has 3 saturated carbocycles. The van der Waals surface area contributed by atoms with E-state index in [1.54, 1.807) is 0 Å². The van der Waals surface area contributed by atoms with Crippen molar-refractivity contribution in [3.8, 4) is 0 Å². The largest absolute Gasteiger partial charge is 0.393 e. The molecule has 0 saturated heterocycles. The van der Waals surface area contributed by atoms with E-state index in [9.17, 15) is 10.2 Å². The van der Waals surface area contributed by atoms with Gasteiger partial charge in [0.05, 0.1) is 12.2 Å². The molecule has 0 aromatic rings. The van der Waals surface area contributed by atoms with Crippen molar-refractivity contribution in [3.63, 3.8) is 0 Å². The Kier molecular flexibility index (Phi) is 3.59. The van der Waals surface area contributed by atoms with E-state index in [2.05, 4.69) is 32.9 Å². The molecule has 4 rings (SSSR count). The summed E-state index contributed by atoms with van der Waals surface area (Å²) in [5.41, 5.74) is 3.35. The van der Waals surface area contributed by atoms with Crippen molar-refractivity contribution in [3.05, 3.63) is 23.3 Å². The first-order valence-electron chi connectivity index (χ1n) is 9.62. The quantitative estimate of drug-likeness (QED) is 0.657. The van der Waals surface area contributed by atoms with Gasteiger partial charge in [0.15, 0.2) is 0 Å². The first-order valence-corrected chi connectivity index (χ1v) is 9.62. The normalized spacial score (nSPS) is 54.2. The highest BCUT2D eigenvalue weighted by molar-refractivity contribution is 5.31. The van der Waals surface area contributed by atoms with Crippen LogP contribution in [0.4, 0.5) is 0 Å². The number of aliphatic hydroxyl groups excluding tert-OH is 2. The molecule has 0 aromatic carbocycles. The van der Waals surface area contributed by atoms with Crippen molar-refractivity contribution in [2.24, 2.45) is 28.6 Å². The molecule has 5 unspecified atom stereocenters. The molecular formula is C21H32O2. The van der Waals surface area contributed by atoms with Gasteiger partial charge in [0, 0.05) is 0 Å². The van der Waals surface area contributed by atoms with Gasteiger partial charge in [0.25, 0.3) is 0 Å². The molecule has 128 valence electrons. The maximum absolute atomic E-state index is 10.6. The van der Waals surface area contributed by atoms with Crippen LogP contribution in [0.3, 0.4) is 0 Å². The van der Waals surface area contributed by atoms with Crippen LogP contribution in [0.25, 0.3) is 0 Å². The van der Waals surface area contributed by atoms with Crippen molar-refractivity contribution >= 4 is 0 Å². The molecule has 7 atom stereocenters. The topological polar surface area (TPSA) is 40.5 Å². The van der Waals surface area contributed by atoms with E-state index in [1.165, 1.54) is 24.0 Å². The first-order chi connectivity index (χ1) is 10.9. The average molecular weight is 316 g/mol. The molecule has 0 bridgehead atoms. The van der Waals surface area contributed by atoms with Gasteiger partial charge in [0.2, 0.25) is 0 Å². The van der Waals surface area contributed by atoms with Gasteiger partial charge in [-0.1, -0.05) is 31.6 Å². The van der Waals surface area contributed by atoms with Gasteiger partial charge in [-0.3, -0.25) is 0 Å². The van der Waals surface area contributed by atoms with Crippen LogP contribution in [-0.4, -0.2) is 22.4 Å². The second kappa shape index (κ2) is 5.20. The zero-order valence-electron chi connectivity index (χ0n) is 14.9. The van der Waals surface area contributed by atoms with Crippen LogP contribution < -0.4 is 0 Å². The molecule has 4 aliphatic carbocycles. The van der Waals surface area contributed by atoms with Gasteiger partial charge in [0.1, 0.15) is 0 Å². The Labute approximate surface area is 140 Å². The second-order valence-electron chi connectivity index (χ2n) is 9.11. The fourth-order valence-electron chi connectivity index (χ4n) is 7.03. The number of hydrogen-bond donors (Lipinski definition) is 2. The SMILES string of the molecule is C/C=C1/C(O)C[C@H]2C3CC=C4CC(O)CCC4(C)[C@H]3CCC12C. The number of aliphatic hydroxyl groups is 2. The monoisotopic (exact) mass is 316 g/mol. The van der Waals surface area contributed by atoms with Gasteiger partial charge >= 0.3 is 0 Å². The lowest BCUT2D eigenvalue weighted by molar-refractivity contribution is -0.0278. The van der Waals surface area contributed by atoms with Crippen molar-refractivity contribution in [1.29, 1.82) is 0 Å². The molecule has 2 N–H and O–H groups in total. The summed E-state index contributed by atoms with van der Waals surface area (Å²) in [6.45, 7) is 6.97. The van der Waals surface area contributed by atoms with E-state index in [-0.39, 0.29) is 17.6 Å². The Morgan fingerprint density at radius 2 is 1.83 bits per heavy atom. The Bertz CT molecular complexity index is 562. The Hall–Kier alpha value is -0.600. The van der Waals surface area contributed by atoms with E-state index in [1.807, 2.05) is 0 Å². The third kappa shape index (κ3) is 2.07. The summed E-state index contributed by atoms with van der Waals surface area (Å²) in [5, 5.41) is 20.7. The summed E-state index contributed by atoms with van der Waals surface area (Å²) >= 11 is 0. The predicted octanol–water partition coefficient (Wildman–Crippen LogP) is 4.23. The van der Waals surface area contributed by atoms with Crippen molar-refractivity contribution < 1.29 is 10.2 Å². The lowest BCUT2D eigenvalue weighted by Gasteiger charge is -2.57. The number of hydrogen-bond acceptors (Lipinski definition) is 2. The minimum Gasteiger partial charge on any atom is -0.393 e. The van der Waals surface area contributed by atoms with Crippen LogP contribution in [0.1, 0.15) is 65.7 Å². The molecule has 0 spiro atoms. The van der Waals surface area contributed by atoms with Gasteiger partial charge in [-0.15, -0.1) is 0 Å². The van der Waals surface area contributed by atoms with E-state index in [0.717, 1.165) is 38.0 Å². The fourth-order valence-corrected chi connectivity index (χ4v) is 7.03. The van der Waals surface area contributed by atoms with Crippen LogP contribution >= 0.6 is 0 Å². The molecule has 0 aromatic heterocycles. The standard InChI is InChI=1S/C21H32O2/c1-4-16-19(23)12-18-15-6-5-13-11-14(22)7-9-20(13,2)17(15)8-10-21(16,18)3/h4-5,14-15,17-19,22-23H,6-12H2,1-3H3/b16-4-/t14?,15?,17-,18-,19?,20?,21?/m0/s1. The van der Waals surface area contributed by atoms with Crippen LogP contribution in [0.2, 0.25) is 0 Å². The minimum absolute atomic E-state index is 0.123. The van der Waals surface area contributed by atoms with Crippen LogP contribution in [0.5, 0.6) is 0 Å². The predicted molar refractivity (Wildman–Crippen MR) is 92.9 cm³/mol. The van der Waals surface area contributed by atoms with E-state index in [0.29, 0.717) is 17.3 Å². The van der Waals surface area contributed by atoms with Crippen LogP contribution in [0.15, 0.2) is 23.3 Å². The van der Waals surface area contributed by atoms with E-state index < -0.39 is 0 Å². The van der Waals surface area contributed by atoms with Crippen molar-refractivity contribution in [2.45, 2.75) is 77.9 Å².